The summed E-state index contributed by atoms with van der Waals surface area (Å²) in [4.78, 5) is 22.5. The number of nitrogens with one attached hydrogen (secondary N) is 1. The molecule has 0 saturated heterocycles. The molecule has 0 bridgehead atoms. The van der Waals surface area contributed by atoms with Gasteiger partial charge in [-0.15, -0.1) is 11.3 Å². The molecule has 1 amide bonds. The molecule has 0 aliphatic carbocycles. The fourth-order valence-corrected chi connectivity index (χ4v) is 3.43. The Morgan fingerprint density at radius 3 is 2.54 bits per heavy atom. The van der Waals surface area contributed by atoms with E-state index in [1.165, 1.54) is 14.2 Å². The number of benzene rings is 1. The molecule has 3 rings (SSSR count). The Bertz CT molecular complexity index is 953. The minimum absolute atomic E-state index is 0.248. The number of hydrogen-bond donors (Lipinski definition) is 1. The summed E-state index contributed by atoms with van der Waals surface area (Å²) in [5.41, 5.74) is 2.83. The van der Waals surface area contributed by atoms with Crippen LogP contribution in [0.15, 0.2) is 36.4 Å². The molecule has 0 aliphatic heterocycles. The third-order valence-electron chi connectivity index (χ3n) is 3.79. The molecule has 134 valence electrons. The molecule has 1 N–H and O–H groups in total. The standard InChI is InChI=1S/C19H19N3O3S/c1-11-17(20-12(2)26-11)13-6-5-7-14(10-13)18(23)21-15-8-9-16(24-3)22-19(15)25-4/h5-10H,1-4H3,(H,21,23). The van der Waals surface area contributed by atoms with Gasteiger partial charge >= 0.3 is 0 Å². The van der Waals surface area contributed by atoms with Crippen molar-refractivity contribution in [2.24, 2.45) is 0 Å². The van der Waals surface area contributed by atoms with Crippen LogP contribution in [0.5, 0.6) is 11.8 Å². The summed E-state index contributed by atoms with van der Waals surface area (Å²) >= 11 is 1.64. The Labute approximate surface area is 155 Å². The molecule has 3 aromatic rings. The average molecular weight is 369 g/mol. The van der Waals surface area contributed by atoms with Crippen molar-refractivity contribution in [1.29, 1.82) is 0 Å². The molecule has 2 aromatic heterocycles. The zero-order valence-corrected chi connectivity index (χ0v) is 15.8. The topological polar surface area (TPSA) is 73.3 Å². The smallest absolute Gasteiger partial charge is 0.255 e. The summed E-state index contributed by atoms with van der Waals surface area (Å²) in [5, 5.41) is 3.83. The van der Waals surface area contributed by atoms with Crippen LogP contribution < -0.4 is 14.8 Å². The first-order chi connectivity index (χ1) is 12.5. The molecule has 0 atom stereocenters. The average Bonchev–Trinajstić information content (AvgIpc) is 3.00. The minimum atomic E-state index is -0.248. The number of nitrogens with zero attached hydrogens (tertiary/aromatic N) is 2. The number of hydrogen-bond acceptors (Lipinski definition) is 6. The third-order valence-corrected chi connectivity index (χ3v) is 4.67. The molecular formula is C19H19N3O3S. The normalized spacial score (nSPS) is 10.5. The van der Waals surface area contributed by atoms with Gasteiger partial charge in [0, 0.05) is 22.1 Å². The van der Waals surface area contributed by atoms with Crippen LogP contribution in [-0.2, 0) is 0 Å². The van der Waals surface area contributed by atoms with Gasteiger partial charge in [0.25, 0.3) is 5.91 Å². The van der Waals surface area contributed by atoms with Gasteiger partial charge in [0.05, 0.1) is 24.9 Å². The Kier molecular flexibility index (Phi) is 5.18. The van der Waals surface area contributed by atoms with Crippen LogP contribution in [0.1, 0.15) is 20.2 Å². The number of anilines is 1. The third kappa shape index (κ3) is 3.67. The number of ether oxygens (including phenoxy) is 2. The zero-order chi connectivity index (χ0) is 18.7. The van der Waals surface area contributed by atoms with Crippen molar-refractivity contribution in [1.82, 2.24) is 9.97 Å². The van der Waals surface area contributed by atoms with Crippen molar-refractivity contribution < 1.29 is 14.3 Å². The highest BCUT2D eigenvalue weighted by molar-refractivity contribution is 7.11. The molecule has 7 heteroatoms. The van der Waals surface area contributed by atoms with Gasteiger partial charge in [-0.05, 0) is 32.0 Å². The second kappa shape index (κ2) is 7.53. The monoisotopic (exact) mass is 369 g/mol. The van der Waals surface area contributed by atoms with Crippen molar-refractivity contribution in [3.05, 3.63) is 51.8 Å². The van der Waals surface area contributed by atoms with E-state index in [9.17, 15) is 4.79 Å². The maximum Gasteiger partial charge on any atom is 0.255 e. The predicted octanol–water partition coefficient (Wildman–Crippen LogP) is 4.09. The second-order valence-electron chi connectivity index (χ2n) is 5.58. The Hall–Kier alpha value is -2.93. The second-order valence-corrected chi connectivity index (χ2v) is 6.99. The number of aryl methyl sites for hydroxylation is 2. The quantitative estimate of drug-likeness (QED) is 0.733. The lowest BCUT2D eigenvalue weighted by Crippen LogP contribution is -2.13. The van der Waals surface area contributed by atoms with Crippen molar-refractivity contribution in [3.63, 3.8) is 0 Å². The van der Waals surface area contributed by atoms with Crippen molar-refractivity contribution >= 4 is 22.9 Å². The summed E-state index contributed by atoms with van der Waals surface area (Å²) in [6.45, 7) is 4.00. The SMILES string of the molecule is COc1ccc(NC(=O)c2cccc(-c3nc(C)sc3C)c2)c(OC)n1. The van der Waals surface area contributed by atoms with Gasteiger partial charge in [0.2, 0.25) is 11.8 Å². The first-order valence-electron chi connectivity index (χ1n) is 7.96. The lowest BCUT2D eigenvalue weighted by molar-refractivity contribution is 0.102. The van der Waals surface area contributed by atoms with Crippen LogP contribution in [0, 0.1) is 13.8 Å². The molecule has 0 unspecified atom stereocenters. The number of methoxy groups -OCH3 is 2. The molecule has 2 heterocycles. The van der Waals surface area contributed by atoms with Crippen LogP contribution >= 0.6 is 11.3 Å². The number of aromatic nitrogens is 2. The Morgan fingerprint density at radius 1 is 1.08 bits per heavy atom. The summed E-state index contributed by atoms with van der Waals surface area (Å²) in [5.74, 6) is 0.456. The first kappa shape index (κ1) is 17.9. The first-order valence-corrected chi connectivity index (χ1v) is 8.78. The molecule has 0 spiro atoms. The zero-order valence-electron chi connectivity index (χ0n) is 15.0. The van der Waals surface area contributed by atoms with Gasteiger partial charge in [-0.25, -0.2) is 4.98 Å². The molecule has 6 nitrogen and oxygen atoms in total. The summed E-state index contributed by atoms with van der Waals surface area (Å²) < 4.78 is 10.3. The van der Waals surface area contributed by atoms with Gasteiger partial charge < -0.3 is 14.8 Å². The lowest BCUT2D eigenvalue weighted by atomic mass is 10.1. The van der Waals surface area contributed by atoms with E-state index in [0.29, 0.717) is 23.0 Å². The predicted molar refractivity (Wildman–Crippen MR) is 102 cm³/mol. The largest absolute Gasteiger partial charge is 0.481 e. The fourth-order valence-electron chi connectivity index (χ4n) is 2.59. The Balaban J connectivity index is 1.87. The van der Waals surface area contributed by atoms with Crippen molar-refractivity contribution in [3.8, 4) is 23.0 Å². The van der Waals surface area contributed by atoms with E-state index in [1.54, 1.807) is 29.5 Å². The van der Waals surface area contributed by atoms with Crippen LogP contribution in [0.25, 0.3) is 11.3 Å². The molecule has 0 fully saturated rings. The summed E-state index contributed by atoms with van der Waals surface area (Å²) in [7, 11) is 3.01. The number of pyridine rings is 1. The summed E-state index contributed by atoms with van der Waals surface area (Å²) in [6.07, 6.45) is 0. The summed E-state index contributed by atoms with van der Waals surface area (Å²) in [6, 6.07) is 10.8. The van der Waals surface area contributed by atoms with Gasteiger partial charge in [-0.3, -0.25) is 4.79 Å². The fraction of sp³-hybridized carbons (Fsp3) is 0.211. The molecular weight excluding hydrogens is 350 g/mol. The lowest BCUT2D eigenvalue weighted by Gasteiger charge is -2.11. The minimum Gasteiger partial charge on any atom is -0.481 e. The van der Waals surface area contributed by atoms with Gasteiger partial charge in [0.1, 0.15) is 5.69 Å². The maximum atomic E-state index is 12.7. The molecule has 1 aromatic carbocycles. The highest BCUT2D eigenvalue weighted by Gasteiger charge is 2.14. The van der Waals surface area contributed by atoms with Gasteiger partial charge in [-0.2, -0.15) is 4.98 Å². The van der Waals surface area contributed by atoms with E-state index in [0.717, 1.165) is 21.1 Å². The number of carbonyl (C=O) groups excluding carboxylic acids is 1. The van der Waals surface area contributed by atoms with E-state index in [2.05, 4.69) is 15.3 Å². The number of amides is 1. The highest BCUT2D eigenvalue weighted by Crippen LogP contribution is 2.29. The van der Waals surface area contributed by atoms with Crippen LogP contribution in [-0.4, -0.2) is 30.1 Å². The van der Waals surface area contributed by atoms with Crippen molar-refractivity contribution in [2.45, 2.75) is 13.8 Å². The van der Waals surface area contributed by atoms with E-state index < -0.39 is 0 Å². The Morgan fingerprint density at radius 2 is 1.88 bits per heavy atom. The number of thiazole rings is 1. The van der Waals surface area contributed by atoms with Gasteiger partial charge in [-0.1, -0.05) is 12.1 Å². The molecule has 26 heavy (non-hydrogen) atoms. The van der Waals surface area contributed by atoms with E-state index in [-0.39, 0.29) is 5.91 Å². The van der Waals surface area contributed by atoms with Crippen LogP contribution in [0.4, 0.5) is 5.69 Å². The van der Waals surface area contributed by atoms with Gasteiger partial charge in [0.15, 0.2) is 0 Å². The molecule has 0 saturated carbocycles. The van der Waals surface area contributed by atoms with E-state index >= 15 is 0 Å². The molecule has 0 aliphatic rings. The van der Waals surface area contributed by atoms with E-state index in [1.807, 2.05) is 32.0 Å². The van der Waals surface area contributed by atoms with Crippen LogP contribution in [0.3, 0.4) is 0 Å². The molecule has 0 radical (unpaired) electrons. The number of carbonyl (C=O) groups is 1. The maximum absolute atomic E-state index is 12.7. The number of rotatable bonds is 5. The van der Waals surface area contributed by atoms with Crippen molar-refractivity contribution in [2.75, 3.05) is 19.5 Å². The van der Waals surface area contributed by atoms with Crippen LogP contribution in [0.2, 0.25) is 0 Å². The highest BCUT2D eigenvalue weighted by atomic mass is 32.1. The van der Waals surface area contributed by atoms with E-state index in [4.69, 9.17) is 9.47 Å².